The zero-order valence-corrected chi connectivity index (χ0v) is 31.3. The minimum atomic E-state index is -0.901. The number of aliphatic carboxylic acids is 1. The number of allylic oxidation sites excluding steroid dienone is 17. The van der Waals surface area contributed by atoms with Gasteiger partial charge in [-0.1, -0.05) is 130 Å². The average molecular weight is 695 g/mol. The monoisotopic (exact) mass is 694 g/mol. The fourth-order valence-corrected chi connectivity index (χ4v) is 4.36. The molecule has 0 spiro atoms. The van der Waals surface area contributed by atoms with Crippen LogP contribution >= 0.6 is 0 Å². The molecule has 50 heavy (non-hydrogen) atoms. The van der Waals surface area contributed by atoms with Gasteiger partial charge in [-0.15, -0.1) is 0 Å². The van der Waals surface area contributed by atoms with Crippen molar-refractivity contribution in [1.29, 1.82) is 0 Å². The minimum Gasteiger partial charge on any atom is -0.477 e. The average Bonchev–Trinajstić information content (AvgIpc) is 3.06. The van der Waals surface area contributed by atoms with Gasteiger partial charge in [0, 0.05) is 12.8 Å². The van der Waals surface area contributed by atoms with Crippen molar-refractivity contribution in [3.8, 4) is 0 Å². The van der Waals surface area contributed by atoms with E-state index >= 15 is 0 Å². The van der Waals surface area contributed by atoms with Gasteiger partial charge >= 0.3 is 17.9 Å². The van der Waals surface area contributed by atoms with Crippen LogP contribution in [0.4, 0.5) is 0 Å². The number of hydrogen-bond donors (Lipinski definition) is 1. The minimum absolute atomic E-state index is 0.00704. The lowest BCUT2D eigenvalue weighted by Gasteiger charge is -2.31. The van der Waals surface area contributed by atoms with E-state index in [1.54, 1.807) is 6.08 Å². The van der Waals surface area contributed by atoms with E-state index in [1.807, 2.05) is 94.1 Å². The van der Waals surface area contributed by atoms with Crippen molar-refractivity contribution in [2.24, 2.45) is 0 Å². The van der Waals surface area contributed by atoms with E-state index in [-0.39, 0.29) is 43.1 Å². The summed E-state index contributed by atoms with van der Waals surface area (Å²) in [4.78, 5) is 36.6. The number of nitrogens with zero attached hydrogens (tertiary/aromatic N) is 1. The van der Waals surface area contributed by atoms with Crippen molar-refractivity contribution in [3.63, 3.8) is 0 Å². The van der Waals surface area contributed by atoms with E-state index in [9.17, 15) is 19.5 Å². The predicted octanol–water partition coefficient (Wildman–Crippen LogP) is 8.95. The normalized spacial score (nSPS) is 14.3. The number of rotatable bonds is 29. The highest BCUT2D eigenvalue weighted by Gasteiger charge is 2.31. The van der Waals surface area contributed by atoms with Gasteiger partial charge in [0.25, 0.3) is 0 Å². The van der Waals surface area contributed by atoms with Crippen LogP contribution in [0.15, 0.2) is 109 Å². The largest absolute Gasteiger partial charge is 0.477 e. The molecule has 2 atom stereocenters. The molecule has 0 bridgehead atoms. The van der Waals surface area contributed by atoms with Gasteiger partial charge in [0.2, 0.25) is 0 Å². The molecule has 0 amide bonds. The highest BCUT2D eigenvalue weighted by Crippen LogP contribution is 2.10. The van der Waals surface area contributed by atoms with Gasteiger partial charge in [-0.25, -0.2) is 4.79 Å². The maximum Gasteiger partial charge on any atom is 0.362 e. The maximum atomic E-state index is 12.6. The molecule has 8 nitrogen and oxygen atoms in total. The molecule has 0 radical (unpaired) electrons. The topological polar surface area (TPSA) is 99.1 Å². The lowest BCUT2D eigenvalue weighted by Crippen LogP contribution is -2.50. The molecule has 0 aromatic rings. The SMILES string of the molecule is CC/C=C/C=C/C=C/C=C/C=C/C=C/CCCCCC(=O)OC(COCCC(C(=O)O)[N+](C)(C)C)COC(=O)C/C=C/C/C=C/C/C=C/CC. The van der Waals surface area contributed by atoms with E-state index in [0.29, 0.717) is 12.8 Å². The molecule has 0 aliphatic heterocycles. The van der Waals surface area contributed by atoms with Crippen LogP contribution in [0, 0.1) is 0 Å². The summed E-state index contributed by atoms with van der Waals surface area (Å²) in [5, 5.41) is 9.56. The predicted molar refractivity (Wildman–Crippen MR) is 206 cm³/mol. The Labute approximate surface area is 302 Å². The zero-order valence-electron chi connectivity index (χ0n) is 31.3. The molecule has 278 valence electrons. The van der Waals surface area contributed by atoms with Gasteiger partial charge in [0.15, 0.2) is 12.1 Å². The van der Waals surface area contributed by atoms with E-state index in [4.69, 9.17) is 14.2 Å². The molecular weight excluding hydrogens is 630 g/mol. The summed E-state index contributed by atoms with van der Waals surface area (Å²) >= 11 is 0. The second-order valence-corrected chi connectivity index (χ2v) is 12.5. The first kappa shape index (κ1) is 46.0. The Morgan fingerprint density at radius 2 is 1.20 bits per heavy atom. The van der Waals surface area contributed by atoms with Gasteiger partial charge in [-0.2, -0.15) is 0 Å². The van der Waals surface area contributed by atoms with Gasteiger partial charge in [-0.3, -0.25) is 9.59 Å². The van der Waals surface area contributed by atoms with Crippen molar-refractivity contribution in [2.75, 3.05) is 41.0 Å². The number of carboxylic acid groups (broad SMARTS) is 1. The van der Waals surface area contributed by atoms with Crippen LogP contribution in [0.2, 0.25) is 0 Å². The second-order valence-electron chi connectivity index (χ2n) is 12.5. The van der Waals surface area contributed by atoms with Crippen LogP contribution in [0.5, 0.6) is 0 Å². The maximum absolute atomic E-state index is 12.6. The fraction of sp³-hybridized carbons (Fsp3) is 0.500. The standard InChI is InChI=1S/C42H63NO7/c1-6-8-10-12-14-16-17-18-19-20-21-22-23-25-27-29-31-33-41(45)50-38(36-48-35-34-39(42(46)47)43(3,4)5)37-49-40(44)32-30-28-26-24-15-13-11-9-7-2/h8-12,14-24,28,30,38-39H,6-7,13,25-27,29,31-37H2,1-5H3/p+1/b10-8+,11-9+,14-12+,17-16+,19-18+,21-20+,23-22+,24-15+,30-28+. The van der Waals surface area contributed by atoms with Crippen LogP contribution in [0.25, 0.3) is 0 Å². The number of ether oxygens (including phenoxy) is 3. The number of carbonyl (C=O) groups excluding carboxylic acids is 2. The zero-order chi connectivity index (χ0) is 37.1. The number of likely N-dealkylation sites (N-methyl/N-ethyl adjacent to an activating group) is 1. The van der Waals surface area contributed by atoms with Crippen molar-refractivity contribution in [2.45, 2.75) is 96.6 Å². The highest BCUT2D eigenvalue weighted by molar-refractivity contribution is 5.72. The molecule has 0 aromatic carbocycles. The third kappa shape index (κ3) is 30.1. The molecule has 0 heterocycles. The molecular formula is C42H64NO7+. The lowest BCUT2D eigenvalue weighted by atomic mass is 10.1. The van der Waals surface area contributed by atoms with Crippen molar-refractivity contribution in [3.05, 3.63) is 109 Å². The number of carbonyl (C=O) groups is 3. The Morgan fingerprint density at radius 3 is 1.78 bits per heavy atom. The molecule has 0 saturated carbocycles. The summed E-state index contributed by atoms with van der Waals surface area (Å²) in [5.74, 6) is -1.70. The first-order valence-electron chi connectivity index (χ1n) is 18.0. The van der Waals surface area contributed by atoms with Crippen LogP contribution in [0.3, 0.4) is 0 Å². The molecule has 0 fully saturated rings. The molecule has 1 N–H and O–H groups in total. The quantitative estimate of drug-likeness (QED) is 0.0274. The summed E-state index contributed by atoms with van der Waals surface area (Å²) in [5.41, 5.74) is 0. The number of unbranched alkanes of at least 4 members (excludes halogenated alkanes) is 3. The fourth-order valence-electron chi connectivity index (χ4n) is 4.36. The number of esters is 2. The van der Waals surface area contributed by atoms with Gasteiger partial charge in [-0.05, 0) is 44.9 Å². The summed E-state index contributed by atoms with van der Waals surface area (Å²) in [7, 11) is 5.45. The van der Waals surface area contributed by atoms with Crippen LogP contribution in [0.1, 0.15) is 84.5 Å². The van der Waals surface area contributed by atoms with Gasteiger partial charge in [0.1, 0.15) is 6.61 Å². The lowest BCUT2D eigenvalue weighted by molar-refractivity contribution is -0.887. The van der Waals surface area contributed by atoms with E-state index in [0.717, 1.165) is 44.9 Å². The Hall–Kier alpha value is -4.01. The number of carboxylic acids is 1. The molecule has 0 saturated heterocycles. The summed E-state index contributed by atoms with van der Waals surface area (Å²) in [6, 6.07) is -0.640. The van der Waals surface area contributed by atoms with E-state index < -0.39 is 24.1 Å². The van der Waals surface area contributed by atoms with E-state index in [2.05, 4.69) is 44.2 Å². The Kier molecular flexibility index (Phi) is 29.6. The van der Waals surface area contributed by atoms with Crippen LogP contribution in [-0.4, -0.2) is 80.6 Å². The van der Waals surface area contributed by atoms with Crippen molar-refractivity contribution >= 4 is 17.9 Å². The Morgan fingerprint density at radius 1 is 0.640 bits per heavy atom. The summed E-state index contributed by atoms with van der Waals surface area (Å²) in [6.07, 6.45) is 43.2. The molecule has 0 aliphatic carbocycles. The molecule has 2 unspecified atom stereocenters. The third-order valence-electron chi connectivity index (χ3n) is 7.11. The molecule has 0 rings (SSSR count). The third-order valence-corrected chi connectivity index (χ3v) is 7.11. The van der Waals surface area contributed by atoms with Crippen LogP contribution in [-0.2, 0) is 28.6 Å². The van der Waals surface area contributed by atoms with Gasteiger partial charge < -0.3 is 23.8 Å². The van der Waals surface area contributed by atoms with E-state index in [1.165, 1.54) is 0 Å². The smallest absolute Gasteiger partial charge is 0.362 e. The molecule has 0 aromatic heterocycles. The van der Waals surface area contributed by atoms with Crippen molar-refractivity contribution < 1.29 is 38.2 Å². The Bertz CT molecular complexity index is 1180. The molecule has 0 aliphatic rings. The summed E-state index contributed by atoms with van der Waals surface area (Å²) in [6.45, 7) is 4.25. The first-order chi connectivity index (χ1) is 24.1. The second kappa shape index (κ2) is 32.2. The highest BCUT2D eigenvalue weighted by atomic mass is 16.6. The summed E-state index contributed by atoms with van der Waals surface area (Å²) < 4.78 is 17.0. The number of hydrogen-bond acceptors (Lipinski definition) is 6. The number of quaternary nitrogens is 1. The van der Waals surface area contributed by atoms with Gasteiger partial charge in [0.05, 0.1) is 40.8 Å². The van der Waals surface area contributed by atoms with Crippen LogP contribution < -0.4 is 0 Å². The Balaban J connectivity index is 4.66. The van der Waals surface area contributed by atoms with Crippen molar-refractivity contribution in [1.82, 2.24) is 0 Å². The first-order valence-corrected chi connectivity index (χ1v) is 18.0. The molecule has 8 heteroatoms.